The van der Waals surface area contributed by atoms with Gasteiger partial charge < -0.3 is 25.3 Å². The zero-order valence-corrected chi connectivity index (χ0v) is 12.3. The number of amides is 1. The lowest BCUT2D eigenvalue weighted by atomic mass is 9.96. The minimum Gasteiger partial charge on any atom is -0.497 e. The molecule has 1 saturated heterocycles. The topological polar surface area (TPSA) is 82.8 Å². The maximum Gasteiger partial charge on any atom is 0.250 e. The number of ether oxygens (including phenoxy) is 3. The monoisotopic (exact) mass is 294 g/mol. The largest absolute Gasteiger partial charge is 0.497 e. The van der Waals surface area contributed by atoms with Crippen LogP contribution in [0.1, 0.15) is 12.8 Å². The van der Waals surface area contributed by atoms with Gasteiger partial charge in [-0.3, -0.25) is 4.79 Å². The molecule has 6 heteroatoms. The van der Waals surface area contributed by atoms with Gasteiger partial charge >= 0.3 is 0 Å². The molecule has 0 saturated carbocycles. The van der Waals surface area contributed by atoms with Crippen molar-refractivity contribution in [2.75, 3.05) is 38.8 Å². The Balaban J connectivity index is 1.86. The Kier molecular flexibility index (Phi) is 5.55. The Morgan fingerprint density at radius 3 is 3.05 bits per heavy atom. The van der Waals surface area contributed by atoms with E-state index < -0.39 is 5.60 Å². The second kappa shape index (κ2) is 7.40. The molecule has 2 rings (SSSR count). The van der Waals surface area contributed by atoms with E-state index >= 15 is 0 Å². The van der Waals surface area contributed by atoms with Gasteiger partial charge in [0.15, 0.2) is 0 Å². The van der Waals surface area contributed by atoms with Gasteiger partial charge in [-0.25, -0.2) is 0 Å². The van der Waals surface area contributed by atoms with Crippen molar-refractivity contribution in [3.63, 3.8) is 0 Å². The summed E-state index contributed by atoms with van der Waals surface area (Å²) < 4.78 is 16.2. The van der Waals surface area contributed by atoms with Crippen LogP contribution in [0.4, 0.5) is 5.69 Å². The molecule has 1 atom stereocenters. The second-order valence-corrected chi connectivity index (χ2v) is 5.11. The first-order valence-corrected chi connectivity index (χ1v) is 7.03. The van der Waals surface area contributed by atoms with E-state index in [-0.39, 0.29) is 12.5 Å². The lowest BCUT2D eigenvalue weighted by Gasteiger charge is -2.35. The van der Waals surface area contributed by atoms with Crippen molar-refractivity contribution in [2.45, 2.75) is 18.4 Å². The molecule has 0 aromatic heterocycles. The van der Waals surface area contributed by atoms with Crippen molar-refractivity contribution < 1.29 is 19.0 Å². The highest BCUT2D eigenvalue weighted by molar-refractivity contribution is 5.91. The summed E-state index contributed by atoms with van der Waals surface area (Å²) in [5, 5.41) is 2.77. The molecule has 0 bridgehead atoms. The number of anilines is 1. The standard InChI is InChI=1S/C15H22N2O4/c1-19-13-5-2-4-12(8-13)17-14(18)9-21-15(10-16)6-3-7-20-11-15/h2,4-5,8H,3,6-7,9-11,16H2,1H3,(H,17,18). The number of hydrogen-bond donors (Lipinski definition) is 2. The summed E-state index contributed by atoms with van der Waals surface area (Å²) in [5.41, 5.74) is 5.89. The van der Waals surface area contributed by atoms with E-state index in [0.717, 1.165) is 19.4 Å². The number of nitrogens with one attached hydrogen (secondary N) is 1. The summed E-state index contributed by atoms with van der Waals surface area (Å²) in [6.45, 7) is 1.47. The van der Waals surface area contributed by atoms with Crippen LogP contribution in [0, 0.1) is 0 Å². The molecule has 21 heavy (non-hydrogen) atoms. The molecule has 6 nitrogen and oxygen atoms in total. The van der Waals surface area contributed by atoms with Gasteiger partial charge in [-0.2, -0.15) is 0 Å². The Morgan fingerprint density at radius 1 is 1.52 bits per heavy atom. The van der Waals surface area contributed by atoms with E-state index in [4.69, 9.17) is 19.9 Å². The summed E-state index contributed by atoms with van der Waals surface area (Å²) in [4.78, 5) is 12.0. The van der Waals surface area contributed by atoms with E-state index in [0.29, 0.717) is 24.6 Å². The zero-order valence-electron chi connectivity index (χ0n) is 12.3. The number of nitrogens with two attached hydrogens (primary N) is 1. The third-order valence-corrected chi connectivity index (χ3v) is 3.52. The number of rotatable bonds is 6. The Hall–Kier alpha value is -1.63. The molecular weight excluding hydrogens is 272 g/mol. The van der Waals surface area contributed by atoms with Crippen molar-refractivity contribution in [3.05, 3.63) is 24.3 Å². The fourth-order valence-corrected chi connectivity index (χ4v) is 2.28. The van der Waals surface area contributed by atoms with Crippen molar-refractivity contribution in [2.24, 2.45) is 5.73 Å². The zero-order chi connectivity index (χ0) is 15.1. The first-order chi connectivity index (χ1) is 10.2. The molecule has 1 aliphatic rings. The number of hydrogen-bond acceptors (Lipinski definition) is 5. The number of carbonyl (C=O) groups is 1. The van der Waals surface area contributed by atoms with Gasteiger partial charge in [0.05, 0.1) is 13.7 Å². The Bertz CT molecular complexity index is 472. The average Bonchev–Trinajstić information content (AvgIpc) is 2.54. The molecule has 1 aliphatic heterocycles. The molecule has 116 valence electrons. The van der Waals surface area contributed by atoms with Crippen LogP contribution in [0.3, 0.4) is 0 Å². The molecule has 1 amide bonds. The molecule has 0 aliphatic carbocycles. The molecular formula is C15H22N2O4. The number of carbonyl (C=O) groups excluding carboxylic acids is 1. The molecule has 3 N–H and O–H groups in total. The number of benzene rings is 1. The maximum atomic E-state index is 12.0. The fourth-order valence-electron chi connectivity index (χ4n) is 2.28. The Labute approximate surface area is 124 Å². The quantitative estimate of drug-likeness (QED) is 0.822. The van der Waals surface area contributed by atoms with Crippen LogP contribution < -0.4 is 15.8 Å². The van der Waals surface area contributed by atoms with E-state index in [9.17, 15) is 4.79 Å². The first kappa shape index (κ1) is 15.8. The van der Waals surface area contributed by atoms with Gasteiger partial charge in [0.25, 0.3) is 0 Å². The predicted octanol–water partition coefficient (Wildman–Crippen LogP) is 1.16. The fraction of sp³-hybridized carbons (Fsp3) is 0.533. The van der Waals surface area contributed by atoms with Crippen LogP contribution in [0.25, 0.3) is 0 Å². The van der Waals surface area contributed by atoms with Gasteiger partial charge in [-0.15, -0.1) is 0 Å². The van der Waals surface area contributed by atoms with Crippen molar-refractivity contribution in [1.82, 2.24) is 0 Å². The van der Waals surface area contributed by atoms with Crippen molar-refractivity contribution in [3.8, 4) is 5.75 Å². The third-order valence-electron chi connectivity index (χ3n) is 3.52. The molecule has 0 spiro atoms. The predicted molar refractivity (Wildman–Crippen MR) is 79.4 cm³/mol. The van der Waals surface area contributed by atoms with Crippen LogP contribution in [0.15, 0.2) is 24.3 Å². The van der Waals surface area contributed by atoms with Gasteiger partial charge in [0.2, 0.25) is 5.91 Å². The smallest absolute Gasteiger partial charge is 0.250 e. The average molecular weight is 294 g/mol. The molecule has 0 radical (unpaired) electrons. The van der Waals surface area contributed by atoms with Crippen LogP contribution in [0.2, 0.25) is 0 Å². The summed E-state index contributed by atoms with van der Waals surface area (Å²) in [6.07, 6.45) is 1.71. The molecule has 1 aromatic carbocycles. The maximum absolute atomic E-state index is 12.0. The normalized spacial score (nSPS) is 21.8. The van der Waals surface area contributed by atoms with Gasteiger partial charge in [0, 0.05) is 24.9 Å². The summed E-state index contributed by atoms with van der Waals surface area (Å²) >= 11 is 0. The minimum absolute atomic E-state index is 0.0439. The van der Waals surface area contributed by atoms with Crippen molar-refractivity contribution in [1.29, 1.82) is 0 Å². The highest BCUT2D eigenvalue weighted by Crippen LogP contribution is 2.22. The van der Waals surface area contributed by atoms with E-state index in [1.807, 2.05) is 12.1 Å². The second-order valence-electron chi connectivity index (χ2n) is 5.11. The summed E-state index contributed by atoms with van der Waals surface area (Å²) in [5.74, 6) is 0.467. The highest BCUT2D eigenvalue weighted by Gasteiger charge is 2.33. The third kappa shape index (κ3) is 4.42. The van der Waals surface area contributed by atoms with Crippen LogP contribution in [0.5, 0.6) is 5.75 Å². The first-order valence-electron chi connectivity index (χ1n) is 7.03. The molecule has 1 heterocycles. The number of methoxy groups -OCH3 is 1. The minimum atomic E-state index is -0.538. The highest BCUT2D eigenvalue weighted by atomic mass is 16.5. The van der Waals surface area contributed by atoms with Crippen LogP contribution >= 0.6 is 0 Å². The lowest BCUT2D eigenvalue weighted by molar-refractivity contribution is -0.143. The molecule has 1 aromatic rings. The van der Waals surface area contributed by atoms with Gasteiger partial charge in [0.1, 0.15) is 18.0 Å². The van der Waals surface area contributed by atoms with Crippen molar-refractivity contribution >= 4 is 11.6 Å². The van der Waals surface area contributed by atoms with Crippen LogP contribution in [-0.2, 0) is 14.3 Å². The summed E-state index contributed by atoms with van der Waals surface area (Å²) in [6, 6.07) is 7.17. The van der Waals surface area contributed by atoms with Gasteiger partial charge in [-0.05, 0) is 25.0 Å². The molecule has 1 unspecified atom stereocenters. The van der Waals surface area contributed by atoms with Gasteiger partial charge in [-0.1, -0.05) is 6.07 Å². The van der Waals surface area contributed by atoms with E-state index in [1.165, 1.54) is 0 Å². The lowest BCUT2D eigenvalue weighted by Crippen LogP contribution is -2.49. The SMILES string of the molecule is COc1cccc(NC(=O)COC2(CN)CCCOC2)c1. The molecule has 1 fully saturated rings. The Morgan fingerprint density at radius 2 is 2.38 bits per heavy atom. The van der Waals surface area contributed by atoms with Crippen LogP contribution in [-0.4, -0.2) is 45.0 Å². The van der Waals surface area contributed by atoms with E-state index in [1.54, 1.807) is 19.2 Å². The van der Waals surface area contributed by atoms with E-state index in [2.05, 4.69) is 5.32 Å². The summed E-state index contributed by atoms with van der Waals surface area (Å²) in [7, 11) is 1.58.